The molecule has 0 aromatic carbocycles. The van der Waals surface area contributed by atoms with E-state index in [2.05, 4.69) is 17.3 Å². The topological polar surface area (TPSA) is 90.1 Å². The Balaban J connectivity index is 1.52. The van der Waals surface area contributed by atoms with Crippen LogP contribution in [0.1, 0.15) is 32.6 Å². The Kier molecular flexibility index (Phi) is 3.65. The number of aromatic nitrogens is 2. The summed E-state index contributed by atoms with van der Waals surface area (Å²) in [6.45, 7) is 2.09. The van der Waals surface area contributed by atoms with Crippen LogP contribution in [-0.2, 0) is 11.3 Å². The van der Waals surface area contributed by atoms with E-state index in [1.807, 2.05) is 0 Å². The van der Waals surface area contributed by atoms with E-state index in [9.17, 15) is 14.9 Å². The number of fused-ring (bicyclic) bond motifs is 2. The summed E-state index contributed by atoms with van der Waals surface area (Å²) in [5.41, 5.74) is 0. The van der Waals surface area contributed by atoms with Gasteiger partial charge in [-0.15, -0.1) is 0 Å². The van der Waals surface area contributed by atoms with Crippen molar-refractivity contribution in [3.63, 3.8) is 0 Å². The van der Waals surface area contributed by atoms with Crippen LogP contribution in [-0.4, -0.2) is 26.7 Å². The van der Waals surface area contributed by atoms with E-state index in [4.69, 9.17) is 0 Å². The number of nitro groups is 1. The molecular weight excluding hydrogens is 272 g/mol. The molecule has 2 bridgehead atoms. The monoisotopic (exact) mass is 292 g/mol. The van der Waals surface area contributed by atoms with Crippen LogP contribution in [0.5, 0.6) is 0 Å². The Labute approximate surface area is 122 Å². The van der Waals surface area contributed by atoms with Crippen molar-refractivity contribution in [1.82, 2.24) is 15.1 Å². The van der Waals surface area contributed by atoms with Crippen LogP contribution in [0.15, 0.2) is 12.3 Å². The van der Waals surface area contributed by atoms with E-state index in [1.165, 1.54) is 42.6 Å². The summed E-state index contributed by atoms with van der Waals surface area (Å²) < 4.78 is 1.31. The molecule has 3 rings (SSSR count). The van der Waals surface area contributed by atoms with Gasteiger partial charge in [-0.05, 0) is 48.9 Å². The van der Waals surface area contributed by atoms with Gasteiger partial charge in [0.25, 0.3) is 0 Å². The molecule has 0 spiro atoms. The summed E-state index contributed by atoms with van der Waals surface area (Å²) >= 11 is 0. The second-order valence-electron chi connectivity index (χ2n) is 6.32. The minimum atomic E-state index is -0.563. The van der Waals surface area contributed by atoms with E-state index >= 15 is 0 Å². The Bertz CT molecular complexity index is 556. The van der Waals surface area contributed by atoms with Gasteiger partial charge in [0.1, 0.15) is 6.54 Å². The molecule has 4 atom stereocenters. The maximum atomic E-state index is 12.0. The van der Waals surface area contributed by atoms with Crippen molar-refractivity contribution in [2.45, 2.75) is 45.2 Å². The van der Waals surface area contributed by atoms with Gasteiger partial charge in [-0.2, -0.15) is 4.68 Å². The molecule has 7 nitrogen and oxygen atoms in total. The third-order valence-electron chi connectivity index (χ3n) is 4.94. The van der Waals surface area contributed by atoms with Gasteiger partial charge in [-0.1, -0.05) is 6.42 Å². The molecule has 0 unspecified atom stereocenters. The van der Waals surface area contributed by atoms with Gasteiger partial charge in [0, 0.05) is 6.04 Å². The Morgan fingerprint density at radius 2 is 2.38 bits per heavy atom. The van der Waals surface area contributed by atoms with Crippen molar-refractivity contribution in [2.24, 2.45) is 17.8 Å². The summed E-state index contributed by atoms with van der Waals surface area (Å²) in [5, 5.41) is 17.3. The van der Waals surface area contributed by atoms with Crippen molar-refractivity contribution in [2.75, 3.05) is 0 Å². The van der Waals surface area contributed by atoms with Crippen LogP contribution in [0.25, 0.3) is 0 Å². The molecule has 21 heavy (non-hydrogen) atoms. The molecule has 1 amide bonds. The Hall–Kier alpha value is -1.92. The van der Waals surface area contributed by atoms with Crippen LogP contribution in [0, 0.1) is 27.9 Å². The van der Waals surface area contributed by atoms with Crippen molar-refractivity contribution in [1.29, 1.82) is 0 Å². The van der Waals surface area contributed by atoms with Crippen molar-refractivity contribution in [3.05, 3.63) is 22.4 Å². The maximum absolute atomic E-state index is 12.0. The zero-order chi connectivity index (χ0) is 15.0. The largest absolute Gasteiger partial charge is 0.389 e. The molecule has 1 aromatic rings. The molecule has 7 heteroatoms. The molecule has 0 radical (unpaired) electrons. The van der Waals surface area contributed by atoms with Crippen LogP contribution >= 0.6 is 0 Å². The van der Waals surface area contributed by atoms with Gasteiger partial charge in [-0.25, -0.2) is 0 Å². The fourth-order valence-electron chi connectivity index (χ4n) is 4.00. The summed E-state index contributed by atoms with van der Waals surface area (Å²) in [6.07, 6.45) is 6.63. The minimum absolute atomic E-state index is 0.0268. The first-order valence-corrected chi connectivity index (χ1v) is 7.50. The van der Waals surface area contributed by atoms with E-state index < -0.39 is 4.92 Å². The third kappa shape index (κ3) is 2.91. The Morgan fingerprint density at radius 1 is 1.57 bits per heavy atom. The molecule has 1 heterocycles. The lowest BCUT2D eigenvalue weighted by Crippen LogP contribution is -2.41. The number of carbonyl (C=O) groups excluding carboxylic acids is 1. The molecular formula is C14H20N4O3. The lowest BCUT2D eigenvalue weighted by Gasteiger charge is -2.28. The highest BCUT2D eigenvalue weighted by Gasteiger charge is 2.42. The smallest absolute Gasteiger partial charge is 0.358 e. The van der Waals surface area contributed by atoms with Crippen LogP contribution in [0.3, 0.4) is 0 Å². The van der Waals surface area contributed by atoms with Crippen LogP contribution in [0.2, 0.25) is 0 Å². The highest BCUT2D eigenvalue weighted by molar-refractivity contribution is 5.76. The lowest BCUT2D eigenvalue weighted by molar-refractivity contribution is -0.389. The van der Waals surface area contributed by atoms with Crippen LogP contribution in [0.4, 0.5) is 5.82 Å². The first-order valence-electron chi connectivity index (χ1n) is 7.50. The summed E-state index contributed by atoms with van der Waals surface area (Å²) in [6, 6.07) is 1.46. The third-order valence-corrected chi connectivity index (χ3v) is 4.94. The molecule has 1 N–H and O–H groups in total. The Morgan fingerprint density at radius 3 is 2.95 bits per heavy atom. The molecule has 0 aliphatic heterocycles. The molecule has 114 valence electrons. The summed E-state index contributed by atoms with van der Waals surface area (Å²) in [5.74, 6) is 1.83. The molecule has 2 aliphatic rings. The first kappa shape index (κ1) is 14.0. The SMILES string of the molecule is C[C@@H](NC(=O)Cn1ccc([N+](=O)[O-])n1)[C@@H]1C[C@@H]2CC[C@@H]1C2. The van der Waals surface area contributed by atoms with Gasteiger partial charge in [0.2, 0.25) is 5.91 Å². The molecule has 2 saturated carbocycles. The summed E-state index contributed by atoms with van der Waals surface area (Å²) in [7, 11) is 0. The van der Waals surface area contributed by atoms with Gasteiger partial charge in [-0.3, -0.25) is 4.79 Å². The molecule has 2 aliphatic carbocycles. The first-order chi connectivity index (χ1) is 10.0. The van der Waals surface area contributed by atoms with Crippen LogP contribution < -0.4 is 5.32 Å². The fraction of sp³-hybridized carbons (Fsp3) is 0.714. The second kappa shape index (κ2) is 5.46. The highest BCUT2D eigenvalue weighted by atomic mass is 16.6. The highest BCUT2D eigenvalue weighted by Crippen LogP contribution is 2.49. The molecule has 1 aromatic heterocycles. The average Bonchev–Trinajstić information content (AvgIpc) is 3.13. The quantitative estimate of drug-likeness (QED) is 0.661. The zero-order valence-corrected chi connectivity index (χ0v) is 12.1. The van der Waals surface area contributed by atoms with Crippen molar-refractivity contribution in [3.8, 4) is 0 Å². The number of amides is 1. The predicted octanol–water partition coefficient (Wildman–Crippen LogP) is 1.73. The van der Waals surface area contributed by atoms with Gasteiger partial charge < -0.3 is 15.4 Å². The fourth-order valence-corrected chi connectivity index (χ4v) is 4.00. The van der Waals surface area contributed by atoms with Crippen molar-refractivity contribution >= 4 is 11.7 Å². The van der Waals surface area contributed by atoms with Gasteiger partial charge in [0.15, 0.2) is 0 Å². The number of carbonyl (C=O) groups is 1. The van der Waals surface area contributed by atoms with E-state index in [0.717, 1.165) is 11.8 Å². The summed E-state index contributed by atoms with van der Waals surface area (Å²) in [4.78, 5) is 22.0. The predicted molar refractivity (Wildman–Crippen MR) is 75.4 cm³/mol. The second-order valence-corrected chi connectivity index (χ2v) is 6.32. The number of nitrogens with one attached hydrogen (secondary N) is 1. The molecule has 2 fully saturated rings. The normalized spacial score (nSPS) is 28.5. The average molecular weight is 292 g/mol. The lowest BCUT2D eigenvalue weighted by atomic mass is 9.84. The van der Waals surface area contributed by atoms with E-state index in [-0.39, 0.29) is 24.3 Å². The van der Waals surface area contributed by atoms with Crippen molar-refractivity contribution < 1.29 is 9.72 Å². The van der Waals surface area contributed by atoms with Gasteiger partial charge in [0.05, 0.1) is 17.4 Å². The van der Waals surface area contributed by atoms with Gasteiger partial charge >= 0.3 is 5.82 Å². The van der Waals surface area contributed by atoms with E-state index in [1.54, 1.807) is 0 Å². The number of hydrogen-bond acceptors (Lipinski definition) is 4. The minimum Gasteiger partial charge on any atom is -0.358 e. The standard InChI is InChI=1S/C14H20N4O3/c1-9(12-7-10-2-3-11(12)6-10)15-14(19)8-17-5-4-13(16-17)18(20)21/h4-5,9-12H,2-3,6-8H2,1H3,(H,15,19)/t9-,10-,11-,12+/m1/s1. The maximum Gasteiger partial charge on any atom is 0.389 e. The van der Waals surface area contributed by atoms with E-state index in [0.29, 0.717) is 5.92 Å². The number of hydrogen-bond donors (Lipinski definition) is 1. The zero-order valence-electron chi connectivity index (χ0n) is 12.1. The number of rotatable bonds is 5. The molecule has 0 saturated heterocycles. The number of nitrogens with zero attached hydrogens (tertiary/aromatic N) is 3.